The quantitative estimate of drug-likeness (QED) is 0.752. The summed E-state index contributed by atoms with van der Waals surface area (Å²) in [6.45, 7) is 5.03. The van der Waals surface area contributed by atoms with Crippen LogP contribution in [-0.2, 0) is 6.42 Å². The first kappa shape index (κ1) is 8.75. The normalized spacial score (nSPS) is 26.4. The SMILES string of the molecule is Cc1noc2c1C(CCN)C(C)C2. The third kappa shape index (κ3) is 1.27. The van der Waals surface area contributed by atoms with Gasteiger partial charge in [0, 0.05) is 12.0 Å². The number of rotatable bonds is 2. The van der Waals surface area contributed by atoms with Crippen molar-refractivity contribution in [3.63, 3.8) is 0 Å². The molecule has 1 aromatic rings. The lowest BCUT2D eigenvalue weighted by Crippen LogP contribution is -2.11. The van der Waals surface area contributed by atoms with Gasteiger partial charge in [0.15, 0.2) is 0 Å². The first-order chi connectivity index (χ1) is 6.24. The molecule has 1 aliphatic carbocycles. The summed E-state index contributed by atoms with van der Waals surface area (Å²) in [6, 6.07) is 0. The molecule has 1 aliphatic rings. The Kier molecular flexibility index (Phi) is 2.12. The second-order valence-corrected chi connectivity index (χ2v) is 3.97. The van der Waals surface area contributed by atoms with E-state index in [0.29, 0.717) is 11.8 Å². The van der Waals surface area contributed by atoms with Gasteiger partial charge in [0.1, 0.15) is 5.76 Å². The maximum atomic E-state index is 5.60. The van der Waals surface area contributed by atoms with Crippen LogP contribution in [0.25, 0.3) is 0 Å². The number of fused-ring (bicyclic) bond motifs is 1. The zero-order valence-corrected chi connectivity index (χ0v) is 8.21. The number of hydrogen-bond acceptors (Lipinski definition) is 3. The van der Waals surface area contributed by atoms with E-state index < -0.39 is 0 Å². The van der Waals surface area contributed by atoms with Gasteiger partial charge >= 0.3 is 0 Å². The third-order valence-electron chi connectivity index (χ3n) is 3.03. The standard InChI is InChI=1S/C10H16N2O/c1-6-5-9-10(7(2)12-13-9)8(6)3-4-11/h6,8H,3-5,11H2,1-2H3. The van der Waals surface area contributed by atoms with Crippen LogP contribution in [0.1, 0.15) is 36.3 Å². The van der Waals surface area contributed by atoms with E-state index in [9.17, 15) is 0 Å². The van der Waals surface area contributed by atoms with E-state index in [1.807, 2.05) is 6.92 Å². The molecule has 2 N–H and O–H groups in total. The van der Waals surface area contributed by atoms with Crippen molar-refractivity contribution in [2.45, 2.75) is 32.6 Å². The monoisotopic (exact) mass is 180 g/mol. The zero-order valence-electron chi connectivity index (χ0n) is 8.21. The van der Waals surface area contributed by atoms with Gasteiger partial charge < -0.3 is 10.3 Å². The highest BCUT2D eigenvalue weighted by molar-refractivity contribution is 5.32. The Morgan fingerprint density at radius 3 is 3.08 bits per heavy atom. The number of nitrogens with two attached hydrogens (primary N) is 1. The first-order valence-electron chi connectivity index (χ1n) is 4.89. The Labute approximate surface area is 78.3 Å². The number of hydrogen-bond donors (Lipinski definition) is 1. The molecule has 2 rings (SSSR count). The van der Waals surface area contributed by atoms with Crippen molar-refractivity contribution in [3.8, 4) is 0 Å². The number of nitrogens with zero attached hydrogens (tertiary/aromatic N) is 1. The van der Waals surface area contributed by atoms with Gasteiger partial charge in [-0.25, -0.2) is 0 Å². The van der Waals surface area contributed by atoms with Crippen molar-refractivity contribution in [2.75, 3.05) is 6.54 Å². The second kappa shape index (κ2) is 3.14. The predicted molar refractivity (Wildman–Crippen MR) is 50.5 cm³/mol. The van der Waals surface area contributed by atoms with Crippen LogP contribution in [0.2, 0.25) is 0 Å². The average molecular weight is 180 g/mol. The lowest BCUT2D eigenvalue weighted by molar-refractivity contribution is 0.363. The van der Waals surface area contributed by atoms with Gasteiger partial charge in [-0.2, -0.15) is 0 Å². The van der Waals surface area contributed by atoms with Gasteiger partial charge in [-0.1, -0.05) is 12.1 Å². The van der Waals surface area contributed by atoms with Gasteiger partial charge in [0.25, 0.3) is 0 Å². The van der Waals surface area contributed by atoms with E-state index in [2.05, 4.69) is 12.1 Å². The Bertz CT molecular complexity index is 306. The fourth-order valence-electron chi connectivity index (χ4n) is 2.37. The molecule has 0 fully saturated rings. The molecule has 0 spiro atoms. The molecule has 1 aromatic heterocycles. The lowest BCUT2D eigenvalue weighted by Gasteiger charge is -2.14. The van der Waals surface area contributed by atoms with Crippen molar-refractivity contribution in [1.29, 1.82) is 0 Å². The Morgan fingerprint density at radius 1 is 1.62 bits per heavy atom. The molecular formula is C10H16N2O. The topological polar surface area (TPSA) is 52.0 Å². The fraction of sp³-hybridized carbons (Fsp3) is 0.700. The maximum absolute atomic E-state index is 5.60. The summed E-state index contributed by atoms with van der Waals surface area (Å²) in [5.41, 5.74) is 7.98. The van der Waals surface area contributed by atoms with Crippen LogP contribution >= 0.6 is 0 Å². The van der Waals surface area contributed by atoms with E-state index in [4.69, 9.17) is 10.3 Å². The smallest absolute Gasteiger partial charge is 0.140 e. The van der Waals surface area contributed by atoms with Gasteiger partial charge in [-0.3, -0.25) is 0 Å². The molecule has 0 amide bonds. The highest BCUT2D eigenvalue weighted by atomic mass is 16.5. The first-order valence-corrected chi connectivity index (χ1v) is 4.89. The molecular weight excluding hydrogens is 164 g/mol. The summed E-state index contributed by atoms with van der Waals surface area (Å²) in [5.74, 6) is 2.33. The number of aryl methyl sites for hydroxylation is 1. The van der Waals surface area contributed by atoms with Crippen LogP contribution in [0.15, 0.2) is 4.52 Å². The summed E-state index contributed by atoms with van der Waals surface area (Å²) in [5, 5.41) is 3.99. The average Bonchev–Trinajstić information content (AvgIpc) is 2.57. The summed E-state index contributed by atoms with van der Waals surface area (Å²) in [6.07, 6.45) is 2.08. The molecule has 0 saturated carbocycles. The zero-order chi connectivity index (χ0) is 9.42. The van der Waals surface area contributed by atoms with Gasteiger partial charge in [-0.05, 0) is 31.7 Å². The van der Waals surface area contributed by atoms with Crippen molar-refractivity contribution in [2.24, 2.45) is 11.7 Å². The molecule has 0 aromatic carbocycles. The van der Waals surface area contributed by atoms with Gasteiger partial charge in [0.2, 0.25) is 0 Å². The van der Waals surface area contributed by atoms with E-state index in [1.54, 1.807) is 0 Å². The molecule has 13 heavy (non-hydrogen) atoms. The molecule has 0 radical (unpaired) electrons. The van der Waals surface area contributed by atoms with Crippen molar-refractivity contribution in [1.82, 2.24) is 5.16 Å². The van der Waals surface area contributed by atoms with Crippen molar-refractivity contribution in [3.05, 3.63) is 17.0 Å². The van der Waals surface area contributed by atoms with Crippen LogP contribution in [0.5, 0.6) is 0 Å². The lowest BCUT2D eigenvalue weighted by atomic mass is 9.90. The molecule has 72 valence electrons. The highest BCUT2D eigenvalue weighted by Crippen LogP contribution is 2.41. The highest BCUT2D eigenvalue weighted by Gasteiger charge is 2.33. The number of aromatic nitrogens is 1. The van der Waals surface area contributed by atoms with Gasteiger partial charge in [0.05, 0.1) is 5.69 Å². The molecule has 3 heteroatoms. The summed E-state index contributed by atoms with van der Waals surface area (Å²) in [4.78, 5) is 0. The molecule has 1 heterocycles. The summed E-state index contributed by atoms with van der Waals surface area (Å²) in [7, 11) is 0. The van der Waals surface area contributed by atoms with Crippen molar-refractivity contribution < 1.29 is 4.52 Å². The minimum atomic E-state index is 0.575. The van der Waals surface area contributed by atoms with E-state index in [0.717, 1.165) is 30.8 Å². The predicted octanol–water partition coefficient (Wildman–Crippen LogP) is 1.61. The van der Waals surface area contributed by atoms with Crippen LogP contribution in [-0.4, -0.2) is 11.7 Å². The molecule has 0 bridgehead atoms. The van der Waals surface area contributed by atoms with Crippen LogP contribution in [0.3, 0.4) is 0 Å². The van der Waals surface area contributed by atoms with E-state index in [1.165, 1.54) is 5.56 Å². The molecule has 0 saturated heterocycles. The Morgan fingerprint density at radius 2 is 2.38 bits per heavy atom. The van der Waals surface area contributed by atoms with Crippen molar-refractivity contribution >= 4 is 0 Å². The molecule has 3 nitrogen and oxygen atoms in total. The van der Waals surface area contributed by atoms with Crippen LogP contribution < -0.4 is 5.73 Å². The Balaban J connectivity index is 2.32. The summed E-state index contributed by atoms with van der Waals surface area (Å²) >= 11 is 0. The minimum absolute atomic E-state index is 0.575. The molecule has 2 atom stereocenters. The Hall–Kier alpha value is -0.830. The van der Waals surface area contributed by atoms with Crippen LogP contribution in [0, 0.1) is 12.8 Å². The van der Waals surface area contributed by atoms with E-state index >= 15 is 0 Å². The maximum Gasteiger partial charge on any atom is 0.140 e. The van der Waals surface area contributed by atoms with E-state index in [-0.39, 0.29) is 0 Å². The largest absolute Gasteiger partial charge is 0.361 e. The van der Waals surface area contributed by atoms with Crippen LogP contribution in [0.4, 0.5) is 0 Å². The second-order valence-electron chi connectivity index (χ2n) is 3.97. The fourth-order valence-corrected chi connectivity index (χ4v) is 2.37. The molecule has 0 aliphatic heterocycles. The molecule has 2 unspecified atom stereocenters. The minimum Gasteiger partial charge on any atom is -0.361 e. The summed E-state index contributed by atoms with van der Waals surface area (Å²) < 4.78 is 5.26. The third-order valence-corrected chi connectivity index (χ3v) is 3.03. The van der Waals surface area contributed by atoms with Gasteiger partial charge in [-0.15, -0.1) is 0 Å².